The molecule has 0 radical (unpaired) electrons. The van der Waals surface area contributed by atoms with E-state index in [-0.39, 0.29) is 10.8 Å². The molecule has 0 unspecified atom stereocenters. The van der Waals surface area contributed by atoms with E-state index >= 15 is 0 Å². The maximum atomic E-state index is 12.4. The molecule has 0 amide bonds. The lowest BCUT2D eigenvalue weighted by atomic mass is 9.46. The molecule has 0 aromatic heterocycles. The minimum Gasteiger partial charge on any atom is -0.386 e. The van der Waals surface area contributed by atoms with Gasteiger partial charge in [0.15, 0.2) is 0 Å². The summed E-state index contributed by atoms with van der Waals surface area (Å²) in [5.74, 6) is 1.18. The lowest BCUT2D eigenvalue weighted by molar-refractivity contribution is -0.141. The summed E-state index contributed by atoms with van der Waals surface area (Å²) in [6, 6.07) is 0. The highest BCUT2D eigenvalue weighted by Crippen LogP contribution is 2.62. The molecule has 0 spiro atoms. The normalized spacial score (nSPS) is 40.1. The predicted molar refractivity (Wildman–Crippen MR) is 96.2 cm³/mol. The topological polar surface area (TPSA) is 37.3 Å². The number of fused-ring (bicyclic) bond motifs is 1. The fraction of sp³-hybridized carbons (Fsp3) is 0.762. The standard InChI is InChI=1S/C21H34O2/c1-7-19(4,23)14-11-17-15(2)9-10-18-20(5,16(3)22)12-8-13-21(17,18)6/h7,17-18,23H,1-2,8-14H2,3-6H3/t17-,18-,19-,20+,21+/m0/s1. The highest BCUT2D eigenvalue weighted by molar-refractivity contribution is 5.82. The van der Waals surface area contributed by atoms with Crippen LogP contribution >= 0.6 is 0 Å². The highest BCUT2D eigenvalue weighted by Gasteiger charge is 2.56. The van der Waals surface area contributed by atoms with Gasteiger partial charge in [0.2, 0.25) is 0 Å². The van der Waals surface area contributed by atoms with Crippen molar-refractivity contribution in [3.8, 4) is 0 Å². The molecule has 2 fully saturated rings. The average Bonchev–Trinajstić information content (AvgIpc) is 2.46. The van der Waals surface area contributed by atoms with Gasteiger partial charge in [-0.25, -0.2) is 0 Å². The zero-order valence-corrected chi connectivity index (χ0v) is 15.5. The van der Waals surface area contributed by atoms with E-state index in [1.165, 1.54) is 12.0 Å². The minimum absolute atomic E-state index is 0.130. The van der Waals surface area contributed by atoms with Crippen LogP contribution in [0.15, 0.2) is 24.8 Å². The third kappa shape index (κ3) is 3.20. The molecule has 2 nitrogen and oxygen atoms in total. The van der Waals surface area contributed by atoms with E-state index < -0.39 is 5.60 Å². The van der Waals surface area contributed by atoms with Crippen LogP contribution in [0.1, 0.15) is 72.6 Å². The van der Waals surface area contributed by atoms with Gasteiger partial charge in [-0.2, -0.15) is 0 Å². The van der Waals surface area contributed by atoms with Gasteiger partial charge in [0.25, 0.3) is 0 Å². The highest BCUT2D eigenvalue weighted by atomic mass is 16.3. The molecule has 130 valence electrons. The van der Waals surface area contributed by atoms with Crippen molar-refractivity contribution in [1.82, 2.24) is 0 Å². The second-order valence-corrected chi connectivity index (χ2v) is 8.74. The van der Waals surface area contributed by atoms with Crippen molar-refractivity contribution in [2.24, 2.45) is 22.7 Å². The van der Waals surface area contributed by atoms with Crippen LogP contribution < -0.4 is 0 Å². The van der Waals surface area contributed by atoms with Crippen LogP contribution in [0.3, 0.4) is 0 Å². The van der Waals surface area contributed by atoms with Gasteiger partial charge in [-0.05, 0) is 69.6 Å². The number of rotatable bonds is 5. The van der Waals surface area contributed by atoms with Gasteiger partial charge in [0.05, 0.1) is 5.60 Å². The Hall–Kier alpha value is -0.890. The van der Waals surface area contributed by atoms with Gasteiger partial charge in [-0.1, -0.05) is 38.5 Å². The SMILES string of the molecule is C=C[C@](C)(O)CC[C@H]1C(=C)CC[C@@H]2[C@]1(C)CCC[C@]2(C)C(C)=O. The fourth-order valence-corrected chi connectivity index (χ4v) is 5.44. The van der Waals surface area contributed by atoms with Crippen molar-refractivity contribution in [2.75, 3.05) is 0 Å². The Balaban J connectivity index is 2.29. The summed E-state index contributed by atoms with van der Waals surface area (Å²) < 4.78 is 0. The van der Waals surface area contributed by atoms with E-state index in [2.05, 4.69) is 27.0 Å². The van der Waals surface area contributed by atoms with Crippen LogP contribution in [-0.2, 0) is 4.79 Å². The Morgan fingerprint density at radius 2 is 2.09 bits per heavy atom. The van der Waals surface area contributed by atoms with Gasteiger partial charge in [-0.3, -0.25) is 4.79 Å². The van der Waals surface area contributed by atoms with Crippen molar-refractivity contribution in [3.05, 3.63) is 24.8 Å². The van der Waals surface area contributed by atoms with E-state index in [0.29, 0.717) is 24.0 Å². The molecule has 0 aliphatic heterocycles. The maximum absolute atomic E-state index is 12.4. The number of ketones is 1. The van der Waals surface area contributed by atoms with Gasteiger partial charge >= 0.3 is 0 Å². The summed E-state index contributed by atoms with van der Waals surface area (Å²) in [4.78, 5) is 12.4. The molecule has 2 aliphatic rings. The molecule has 2 aliphatic carbocycles. The zero-order chi connectivity index (χ0) is 17.5. The first-order chi connectivity index (χ1) is 10.6. The fourth-order valence-electron chi connectivity index (χ4n) is 5.44. The number of carbonyl (C=O) groups excluding carboxylic acids is 1. The average molecular weight is 319 g/mol. The minimum atomic E-state index is -0.817. The summed E-state index contributed by atoms with van der Waals surface area (Å²) >= 11 is 0. The molecule has 0 aromatic rings. The molecule has 5 atom stereocenters. The van der Waals surface area contributed by atoms with Gasteiger partial charge in [-0.15, -0.1) is 6.58 Å². The Bertz CT molecular complexity index is 504. The van der Waals surface area contributed by atoms with Crippen LogP contribution in [0, 0.1) is 22.7 Å². The molecule has 2 rings (SSSR count). The molecule has 1 N–H and O–H groups in total. The zero-order valence-electron chi connectivity index (χ0n) is 15.5. The Kier molecular flexibility index (Phi) is 4.97. The predicted octanol–water partition coefficient (Wildman–Crippen LogP) is 5.07. The quantitative estimate of drug-likeness (QED) is 0.718. The Labute approximate surface area is 142 Å². The third-order valence-electron chi connectivity index (χ3n) is 7.20. The van der Waals surface area contributed by atoms with Crippen molar-refractivity contribution >= 4 is 5.78 Å². The van der Waals surface area contributed by atoms with E-state index in [9.17, 15) is 9.90 Å². The van der Waals surface area contributed by atoms with Crippen LogP contribution in [0.4, 0.5) is 0 Å². The molecule has 2 heteroatoms. The van der Waals surface area contributed by atoms with Crippen molar-refractivity contribution < 1.29 is 9.90 Å². The maximum Gasteiger partial charge on any atom is 0.135 e. The van der Waals surface area contributed by atoms with E-state index in [1.54, 1.807) is 13.0 Å². The third-order valence-corrected chi connectivity index (χ3v) is 7.20. The number of carbonyl (C=O) groups is 1. The van der Waals surface area contributed by atoms with Crippen molar-refractivity contribution in [2.45, 2.75) is 78.2 Å². The van der Waals surface area contributed by atoms with Crippen LogP contribution in [0.5, 0.6) is 0 Å². The summed E-state index contributed by atoms with van der Waals surface area (Å²) in [6.45, 7) is 16.3. The van der Waals surface area contributed by atoms with Gasteiger partial charge in [0, 0.05) is 5.41 Å². The molecule has 23 heavy (non-hydrogen) atoms. The van der Waals surface area contributed by atoms with Crippen molar-refractivity contribution in [3.63, 3.8) is 0 Å². The number of hydrogen-bond acceptors (Lipinski definition) is 2. The summed E-state index contributed by atoms with van der Waals surface area (Å²) in [5.41, 5.74) is 0.441. The number of Topliss-reactive ketones (excluding diaryl/α,β-unsaturated/α-hetero) is 1. The second-order valence-electron chi connectivity index (χ2n) is 8.74. The molecular formula is C21H34O2. The van der Waals surface area contributed by atoms with E-state index in [1.807, 2.05) is 6.92 Å². The Morgan fingerprint density at radius 1 is 1.43 bits per heavy atom. The molecular weight excluding hydrogens is 284 g/mol. The van der Waals surface area contributed by atoms with E-state index in [0.717, 1.165) is 32.1 Å². The van der Waals surface area contributed by atoms with Gasteiger partial charge < -0.3 is 5.11 Å². The number of hydrogen-bond donors (Lipinski definition) is 1. The first-order valence-electron chi connectivity index (χ1n) is 9.11. The lowest BCUT2D eigenvalue weighted by Crippen LogP contribution is -2.53. The first-order valence-corrected chi connectivity index (χ1v) is 9.11. The lowest BCUT2D eigenvalue weighted by Gasteiger charge is -2.58. The molecule has 0 bridgehead atoms. The molecule has 0 aromatic carbocycles. The van der Waals surface area contributed by atoms with Crippen LogP contribution in [-0.4, -0.2) is 16.5 Å². The number of allylic oxidation sites excluding steroid dienone is 1. The molecule has 0 heterocycles. The monoisotopic (exact) mass is 318 g/mol. The summed E-state index contributed by atoms with van der Waals surface area (Å²) in [6.07, 6.45) is 8.68. The second kappa shape index (κ2) is 6.20. The molecule has 0 saturated heterocycles. The number of aliphatic hydroxyl groups is 1. The summed E-state index contributed by atoms with van der Waals surface area (Å²) in [7, 11) is 0. The largest absolute Gasteiger partial charge is 0.386 e. The first kappa shape index (κ1) is 18.4. The van der Waals surface area contributed by atoms with Gasteiger partial charge in [0.1, 0.15) is 5.78 Å². The Morgan fingerprint density at radius 3 is 2.65 bits per heavy atom. The van der Waals surface area contributed by atoms with Crippen molar-refractivity contribution in [1.29, 1.82) is 0 Å². The van der Waals surface area contributed by atoms with Crippen LogP contribution in [0.2, 0.25) is 0 Å². The van der Waals surface area contributed by atoms with Crippen LogP contribution in [0.25, 0.3) is 0 Å². The molecule has 2 saturated carbocycles. The summed E-state index contributed by atoms with van der Waals surface area (Å²) in [5, 5.41) is 10.3. The smallest absolute Gasteiger partial charge is 0.135 e. The van der Waals surface area contributed by atoms with E-state index in [4.69, 9.17) is 0 Å².